The van der Waals surface area contributed by atoms with Gasteiger partial charge in [-0.3, -0.25) is 0 Å². The molecular weight excluding hydrogens is 100 g/mol. The molecule has 36 valence electrons. The number of hydrogen-bond donors (Lipinski definition) is 0. The molecule has 0 unspecified atom stereocenters. The maximum Gasteiger partial charge on any atom is 2.00 e. The summed E-state index contributed by atoms with van der Waals surface area (Å²) in [5.74, 6) is 0. The maximum absolute atomic E-state index is 2.21. The Bertz CT molecular complexity index is 17.9. The number of rotatable bonds is 2. The van der Waals surface area contributed by atoms with E-state index >= 15 is 0 Å². The summed E-state index contributed by atoms with van der Waals surface area (Å²) in [5, 5.41) is 0. The fraction of sp³-hybridized carbons (Fsp3) is 1.00. The molecule has 0 nitrogen and oxygen atoms in total. The van der Waals surface area contributed by atoms with E-state index in [0.29, 0.717) is 0 Å². The molecule has 0 atom stereocenters. The van der Waals surface area contributed by atoms with Crippen molar-refractivity contribution < 1.29 is 2.85 Å². The van der Waals surface area contributed by atoms with Gasteiger partial charge in [-0.25, -0.2) is 0 Å². The molecule has 0 N–H and O–H groups in total. The van der Waals surface area contributed by atoms with Crippen molar-refractivity contribution in [3.8, 4) is 0 Å². The monoisotopic (exact) mass is 114 g/mol. The summed E-state index contributed by atoms with van der Waals surface area (Å²) >= 11 is 0. The van der Waals surface area contributed by atoms with E-state index in [-0.39, 0.29) is 40.6 Å². The van der Waals surface area contributed by atoms with Crippen LogP contribution in [0.4, 0.5) is 0 Å². The van der Waals surface area contributed by atoms with Gasteiger partial charge in [0.25, 0.3) is 0 Å². The van der Waals surface area contributed by atoms with E-state index in [0.717, 1.165) is 0 Å². The van der Waals surface area contributed by atoms with Crippen molar-refractivity contribution in [3.05, 3.63) is 0 Å². The number of unbranched alkanes of at least 4 members (excludes halogenated alkanes) is 2. The molecule has 0 aromatic rings. The molecule has 0 fully saturated rings. The predicted molar refractivity (Wildman–Crippen MR) is 33.2 cm³/mol. The first-order chi connectivity index (χ1) is 2.41. The Kier molecular flexibility index (Phi) is 16.4. The first-order valence-corrected chi connectivity index (χ1v) is 2.41. The number of hydrogen-bond acceptors (Lipinski definition) is 0. The van der Waals surface area contributed by atoms with Crippen LogP contribution in [-0.2, 0) is 0 Å². The van der Waals surface area contributed by atoms with Crippen LogP contribution in [-0.4, -0.2) is 37.7 Å². The first-order valence-electron chi connectivity index (χ1n) is 2.41. The molecule has 1 heteroatoms. The smallest absolute Gasteiger partial charge is 1.00 e. The van der Waals surface area contributed by atoms with Gasteiger partial charge in [0.1, 0.15) is 0 Å². The quantitative estimate of drug-likeness (QED) is 0.482. The fourth-order valence-corrected chi connectivity index (χ4v) is 0.354. The second-order valence-corrected chi connectivity index (χ2v) is 1.35. The van der Waals surface area contributed by atoms with E-state index in [1.54, 1.807) is 0 Å². The zero-order valence-corrected chi connectivity index (χ0v) is 7.04. The second-order valence-electron chi connectivity index (χ2n) is 1.35. The molecule has 0 spiro atoms. The molecule has 0 bridgehead atoms. The van der Waals surface area contributed by atoms with E-state index in [9.17, 15) is 0 Å². The van der Waals surface area contributed by atoms with E-state index in [2.05, 4.69) is 13.8 Å². The second kappa shape index (κ2) is 9.54. The van der Waals surface area contributed by atoms with Crippen LogP contribution in [0.3, 0.4) is 0 Å². The van der Waals surface area contributed by atoms with Crippen LogP contribution >= 0.6 is 0 Å². The van der Waals surface area contributed by atoms with Crippen molar-refractivity contribution in [3.63, 3.8) is 0 Å². The van der Waals surface area contributed by atoms with Gasteiger partial charge < -0.3 is 2.85 Å². The van der Waals surface area contributed by atoms with Crippen molar-refractivity contribution in [2.45, 2.75) is 33.1 Å². The molecule has 0 aromatic carbocycles. The predicted octanol–water partition coefficient (Wildman–Crippen LogP) is 2.04. The molecule has 6 heavy (non-hydrogen) atoms. The summed E-state index contributed by atoms with van der Waals surface area (Å²) in [6.45, 7) is 4.42. The summed E-state index contributed by atoms with van der Waals surface area (Å²) in [4.78, 5) is 0. The maximum atomic E-state index is 2.21. The van der Waals surface area contributed by atoms with Crippen LogP contribution in [0.5, 0.6) is 0 Å². The van der Waals surface area contributed by atoms with E-state index < -0.39 is 0 Å². The standard InChI is InChI=1S/C5H12.Ca.2H/c1-3-5-4-2;;;/h3-5H2,1-2H3;;;/q;+2;2*-1. The topological polar surface area (TPSA) is 0 Å². The first kappa shape index (κ1) is 10.3. The van der Waals surface area contributed by atoms with Crippen LogP contribution < -0.4 is 0 Å². The van der Waals surface area contributed by atoms with Crippen molar-refractivity contribution in [2.24, 2.45) is 0 Å². The van der Waals surface area contributed by atoms with Gasteiger partial charge >= 0.3 is 37.7 Å². The van der Waals surface area contributed by atoms with Gasteiger partial charge in [0.2, 0.25) is 0 Å². The minimum absolute atomic E-state index is 0. The molecule has 0 saturated carbocycles. The van der Waals surface area contributed by atoms with Crippen LogP contribution in [0.1, 0.15) is 36.0 Å². The molecule has 0 radical (unpaired) electrons. The van der Waals surface area contributed by atoms with Crippen molar-refractivity contribution in [1.82, 2.24) is 0 Å². The van der Waals surface area contributed by atoms with Gasteiger partial charge in [-0.15, -0.1) is 0 Å². The Morgan fingerprint density at radius 1 is 1.17 bits per heavy atom. The van der Waals surface area contributed by atoms with Gasteiger partial charge in [-0.2, -0.15) is 0 Å². The van der Waals surface area contributed by atoms with Gasteiger partial charge in [-0.05, 0) is 0 Å². The summed E-state index contributed by atoms with van der Waals surface area (Å²) < 4.78 is 0. The average molecular weight is 114 g/mol. The molecular formula is C5H14Ca. The molecule has 0 aliphatic rings. The van der Waals surface area contributed by atoms with Gasteiger partial charge in [0.05, 0.1) is 0 Å². The van der Waals surface area contributed by atoms with Crippen LogP contribution in [0, 0.1) is 0 Å². The summed E-state index contributed by atoms with van der Waals surface area (Å²) in [5.41, 5.74) is 0. The van der Waals surface area contributed by atoms with E-state index in [1.807, 2.05) is 0 Å². The Morgan fingerprint density at radius 2 is 1.50 bits per heavy atom. The van der Waals surface area contributed by atoms with Gasteiger partial charge in [0.15, 0.2) is 0 Å². The van der Waals surface area contributed by atoms with E-state index in [1.165, 1.54) is 19.3 Å². The Labute approximate surface area is 73.3 Å². The van der Waals surface area contributed by atoms with Crippen molar-refractivity contribution >= 4 is 37.7 Å². The molecule has 0 heterocycles. The zero-order valence-electron chi connectivity index (χ0n) is 6.83. The zero-order chi connectivity index (χ0) is 4.12. The minimum atomic E-state index is 0. The fourth-order valence-electron chi connectivity index (χ4n) is 0.354. The minimum Gasteiger partial charge on any atom is -1.00 e. The summed E-state index contributed by atoms with van der Waals surface area (Å²) in [6, 6.07) is 0. The Balaban J connectivity index is -0.0000000267. The third kappa shape index (κ3) is 8.98. The molecule has 0 aliphatic carbocycles. The largest absolute Gasteiger partial charge is 2.00 e. The molecule has 0 aliphatic heterocycles. The molecule has 0 amide bonds. The third-order valence-corrected chi connectivity index (χ3v) is 0.707. The van der Waals surface area contributed by atoms with Gasteiger partial charge in [0, 0.05) is 0 Å². The van der Waals surface area contributed by atoms with Crippen LogP contribution in [0.25, 0.3) is 0 Å². The van der Waals surface area contributed by atoms with Crippen LogP contribution in [0.2, 0.25) is 0 Å². The van der Waals surface area contributed by atoms with E-state index in [4.69, 9.17) is 0 Å². The molecule has 0 aromatic heterocycles. The van der Waals surface area contributed by atoms with Crippen LogP contribution in [0.15, 0.2) is 0 Å². The Hall–Kier alpha value is 1.26. The Morgan fingerprint density at radius 3 is 1.50 bits per heavy atom. The van der Waals surface area contributed by atoms with Gasteiger partial charge in [-0.1, -0.05) is 33.1 Å². The van der Waals surface area contributed by atoms with Crippen molar-refractivity contribution in [1.29, 1.82) is 0 Å². The molecule has 0 saturated heterocycles. The third-order valence-electron chi connectivity index (χ3n) is 0.707. The normalized spacial score (nSPS) is 7.00. The average Bonchev–Trinajstić information content (AvgIpc) is 1.41. The van der Waals surface area contributed by atoms with Crippen molar-refractivity contribution in [2.75, 3.05) is 0 Å². The SMILES string of the molecule is CCCCC.[Ca+2].[H-].[H-]. The summed E-state index contributed by atoms with van der Waals surface area (Å²) in [7, 11) is 0. The molecule has 0 rings (SSSR count). The summed E-state index contributed by atoms with van der Waals surface area (Å²) in [6.07, 6.45) is 4.08.